The van der Waals surface area contributed by atoms with Gasteiger partial charge in [-0.25, -0.2) is 14.2 Å². The van der Waals surface area contributed by atoms with E-state index in [-0.39, 0.29) is 10.7 Å². The van der Waals surface area contributed by atoms with Crippen molar-refractivity contribution >= 4 is 23.2 Å². The second-order valence-electron chi connectivity index (χ2n) is 5.33. The lowest BCUT2D eigenvalue weighted by Crippen LogP contribution is -2.23. The zero-order valence-electron chi connectivity index (χ0n) is 13.0. The van der Waals surface area contributed by atoms with Crippen LogP contribution in [0.4, 0.5) is 4.39 Å². The number of benzene rings is 1. The number of H-pyrrole nitrogens is 1. The number of nitrogens with one attached hydrogen (secondary N) is 1. The van der Waals surface area contributed by atoms with Gasteiger partial charge in [0.15, 0.2) is 5.69 Å². The lowest BCUT2D eigenvalue weighted by Gasteiger charge is -2.12. The Labute approximate surface area is 145 Å². The minimum Gasteiger partial charge on any atom is -0.476 e. The van der Waals surface area contributed by atoms with Crippen molar-refractivity contribution in [1.82, 2.24) is 15.2 Å². The standard InChI is InChI=1S/C16H13FN4O3S/c1-7-11(13(21-20-7)8-2-4-9(17)5-3-8)12(14(18)22)15-19-10(6-25-15)16(23)24/h2-6,12H,1H3,(H2,18,22)(H,20,21)(H,23,24). The third-order valence-electron chi connectivity index (χ3n) is 3.67. The first-order chi connectivity index (χ1) is 11.9. The van der Waals surface area contributed by atoms with Crippen molar-refractivity contribution in [3.8, 4) is 11.3 Å². The van der Waals surface area contributed by atoms with Gasteiger partial charge in [-0.3, -0.25) is 9.89 Å². The van der Waals surface area contributed by atoms with E-state index >= 15 is 0 Å². The summed E-state index contributed by atoms with van der Waals surface area (Å²) in [5.74, 6) is -3.22. The quantitative estimate of drug-likeness (QED) is 0.644. The summed E-state index contributed by atoms with van der Waals surface area (Å²) < 4.78 is 13.2. The number of hydrogen-bond donors (Lipinski definition) is 3. The van der Waals surface area contributed by atoms with Gasteiger partial charge in [-0.15, -0.1) is 11.3 Å². The van der Waals surface area contributed by atoms with Crippen molar-refractivity contribution < 1.29 is 19.1 Å². The molecule has 0 fully saturated rings. The fourth-order valence-electron chi connectivity index (χ4n) is 2.52. The first-order valence-electron chi connectivity index (χ1n) is 7.17. The number of amides is 1. The minimum atomic E-state index is -1.19. The fraction of sp³-hybridized carbons (Fsp3) is 0.125. The predicted octanol–water partition coefficient (Wildman–Crippen LogP) is 2.30. The maximum absolute atomic E-state index is 13.2. The number of carboxylic acids is 1. The van der Waals surface area contributed by atoms with Gasteiger partial charge in [0.2, 0.25) is 5.91 Å². The molecule has 25 heavy (non-hydrogen) atoms. The van der Waals surface area contributed by atoms with Gasteiger partial charge in [-0.05, 0) is 31.2 Å². The molecule has 1 amide bonds. The molecule has 7 nitrogen and oxygen atoms in total. The number of carbonyl (C=O) groups is 2. The first kappa shape index (κ1) is 16.8. The number of aryl methyl sites for hydroxylation is 1. The highest BCUT2D eigenvalue weighted by molar-refractivity contribution is 7.10. The molecule has 2 aromatic heterocycles. The molecule has 0 aliphatic heterocycles. The van der Waals surface area contributed by atoms with E-state index < -0.39 is 23.6 Å². The Morgan fingerprint density at radius 2 is 2.00 bits per heavy atom. The van der Waals surface area contributed by atoms with Crippen LogP contribution in [0.3, 0.4) is 0 Å². The molecular formula is C16H13FN4O3S. The minimum absolute atomic E-state index is 0.157. The van der Waals surface area contributed by atoms with Crippen LogP contribution in [0.5, 0.6) is 0 Å². The number of nitrogens with zero attached hydrogens (tertiary/aromatic N) is 2. The maximum Gasteiger partial charge on any atom is 0.355 e. The summed E-state index contributed by atoms with van der Waals surface area (Å²) in [5.41, 5.74) is 7.53. The van der Waals surface area contributed by atoms with Crippen LogP contribution in [-0.4, -0.2) is 32.2 Å². The summed E-state index contributed by atoms with van der Waals surface area (Å²) in [6.45, 7) is 1.72. The van der Waals surface area contributed by atoms with Crippen molar-refractivity contribution in [3.63, 3.8) is 0 Å². The van der Waals surface area contributed by atoms with Gasteiger partial charge in [-0.1, -0.05) is 0 Å². The average molecular weight is 360 g/mol. The highest BCUT2D eigenvalue weighted by Gasteiger charge is 2.31. The second-order valence-corrected chi connectivity index (χ2v) is 6.22. The number of rotatable bonds is 5. The third-order valence-corrected chi connectivity index (χ3v) is 4.58. The summed E-state index contributed by atoms with van der Waals surface area (Å²) in [4.78, 5) is 27.2. The average Bonchev–Trinajstić information content (AvgIpc) is 3.17. The van der Waals surface area contributed by atoms with Crippen molar-refractivity contribution in [1.29, 1.82) is 0 Å². The molecule has 0 saturated heterocycles. The van der Waals surface area contributed by atoms with Crippen LogP contribution < -0.4 is 5.73 Å². The molecule has 0 aliphatic rings. The van der Waals surface area contributed by atoms with Crippen LogP contribution in [0.1, 0.15) is 32.7 Å². The van der Waals surface area contributed by atoms with Gasteiger partial charge in [0.25, 0.3) is 0 Å². The van der Waals surface area contributed by atoms with E-state index in [2.05, 4.69) is 15.2 Å². The zero-order chi connectivity index (χ0) is 18.1. The van der Waals surface area contributed by atoms with Crippen molar-refractivity contribution in [2.75, 3.05) is 0 Å². The first-order valence-corrected chi connectivity index (χ1v) is 8.05. The SMILES string of the molecule is Cc1[nH]nc(-c2ccc(F)cc2)c1C(C(N)=O)c1nc(C(=O)O)cs1. The molecule has 0 saturated carbocycles. The maximum atomic E-state index is 13.2. The van der Waals surface area contributed by atoms with E-state index in [0.29, 0.717) is 22.5 Å². The Hall–Kier alpha value is -3.07. The topological polar surface area (TPSA) is 122 Å². The van der Waals surface area contributed by atoms with Crippen LogP contribution in [0.15, 0.2) is 29.6 Å². The van der Waals surface area contributed by atoms with E-state index in [1.807, 2.05) is 0 Å². The highest BCUT2D eigenvalue weighted by Crippen LogP contribution is 2.35. The Morgan fingerprint density at radius 1 is 1.32 bits per heavy atom. The largest absolute Gasteiger partial charge is 0.476 e. The zero-order valence-corrected chi connectivity index (χ0v) is 13.8. The number of halogens is 1. The van der Waals surface area contributed by atoms with Crippen LogP contribution in [0.2, 0.25) is 0 Å². The number of aromatic nitrogens is 3. The van der Waals surface area contributed by atoms with Crippen molar-refractivity contribution in [3.05, 3.63) is 57.4 Å². The lowest BCUT2D eigenvalue weighted by atomic mass is 9.94. The molecule has 1 unspecified atom stereocenters. The Kier molecular flexibility index (Phi) is 4.32. The van der Waals surface area contributed by atoms with E-state index in [9.17, 15) is 14.0 Å². The Balaban J connectivity index is 2.14. The molecule has 0 radical (unpaired) electrons. The molecule has 0 bridgehead atoms. The summed E-state index contributed by atoms with van der Waals surface area (Å²) >= 11 is 1.03. The molecule has 2 heterocycles. The molecule has 0 spiro atoms. The number of carboxylic acid groups (broad SMARTS) is 1. The van der Waals surface area contributed by atoms with Gasteiger partial charge in [-0.2, -0.15) is 5.10 Å². The lowest BCUT2D eigenvalue weighted by molar-refractivity contribution is -0.118. The van der Waals surface area contributed by atoms with Crippen LogP contribution >= 0.6 is 11.3 Å². The number of thiazole rings is 1. The van der Waals surface area contributed by atoms with Gasteiger partial charge in [0.05, 0.1) is 5.69 Å². The smallest absolute Gasteiger partial charge is 0.355 e. The fourth-order valence-corrected chi connectivity index (χ4v) is 3.43. The van der Waals surface area contributed by atoms with Crippen LogP contribution in [0.25, 0.3) is 11.3 Å². The van der Waals surface area contributed by atoms with E-state index in [1.54, 1.807) is 6.92 Å². The molecule has 3 aromatic rings. The second kappa shape index (κ2) is 6.44. The predicted molar refractivity (Wildman–Crippen MR) is 88.8 cm³/mol. The number of hydrogen-bond acceptors (Lipinski definition) is 5. The van der Waals surface area contributed by atoms with Crippen LogP contribution in [-0.2, 0) is 4.79 Å². The van der Waals surface area contributed by atoms with Gasteiger partial charge in [0, 0.05) is 22.2 Å². The van der Waals surface area contributed by atoms with Gasteiger partial charge < -0.3 is 10.8 Å². The van der Waals surface area contributed by atoms with E-state index in [1.165, 1.54) is 29.6 Å². The van der Waals surface area contributed by atoms with Crippen LogP contribution in [0, 0.1) is 12.7 Å². The van der Waals surface area contributed by atoms with Crippen molar-refractivity contribution in [2.24, 2.45) is 5.73 Å². The third kappa shape index (κ3) is 3.13. The van der Waals surface area contributed by atoms with Gasteiger partial charge >= 0.3 is 5.97 Å². The molecule has 1 aromatic carbocycles. The number of aromatic amines is 1. The summed E-state index contributed by atoms with van der Waals surface area (Å²) in [7, 11) is 0. The highest BCUT2D eigenvalue weighted by atomic mass is 32.1. The summed E-state index contributed by atoms with van der Waals surface area (Å²) in [6.07, 6.45) is 0. The van der Waals surface area contributed by atoms with E-state index in [4.69, 9.17) is 10.8 Å². The normalized spacial score (nSPS) is 12.1. The summed E-state index contributed by atoms with van der Waals surface area (Å²) in [5, 5.41) is 17.6. The molecule has 0 aliphatic carbocycles. The number of aromatic carboxylic acids is 1. The molecule has 128 valence electrons. The molecule has 1 atom stereocenters. The monoisotopic (exact) mass is 360 g/mol. The number of nitrogens with two attached hydrogens (primary N) is 1. The molecule has 4 N–H and O–H groups in total. The van der Waals surface area contributed by atoms with E-state index in [0.717, 1.165) is 11.3 Å². The molecular weight excluding hydrogens is 347 g/mol. The van der Waals surface area contributed by atoms with Gasteiger partial charge in [0.1, 0.15) is 16.7 Å². The molecule has 9 heteroatoms. The Bertz CT molecular complexity index is 949. The summed E-state index contributed by atoms with van der Waals surface area (Å²) in [6, 6.07) is 5.65. The number of carbonyl (C=O) groups excluding carboxylic acids is 1. The van der Waals surface area contributed by atoms with Crippen molar-refractivity contribution in [2.45, 2.75) is 12.8 Å². The number of primary amides is 1. The Morgan fingerprint density at radius 3 is 2.56 bits per heavy atom. The molecule has 3 rings (SSSR count).